The Hall–Kier alpha value is -1.60. The summed E-state index contributed by atoms with van der Waals surface area (Å²) in [6, 6.07) is 1.94. The van der Waals surface area contributed by atoms with Crippen LogP contribution in [0.25, 0.3) is 0 Å². The van der Waals surface area contributed by atoms with Gasteiger partial charge in [0.25, 0.3) is 0 Å². The maximum absolute atomic E-state index is 10.8. The molecule has 114 valence electrons. The fourth-order valence-electron chi connectivity index (χ4n) is 2.06. The van der Waals surface area contributed by atoms with Gasteiger partial charge in [0.05, 0.1) is 17.7 Å². The molecule has 0 spiro atoms. The summed E-state index contributed by atoms with van der Waals surface area (Å²) in [5.41, 5.74) is 6.11. The Morgan fingerprint density at radius 3 is 2.38 bits per heavy atom. The molecule has 0 radical (unpaired) electrons. The fourth-order valence-corrected chi connectivity index (χ4v) is 2.06. The number of aryl methyl sites for hydroxylation is 1. The highest BCUT2D eigenvalue weighted by atomic mass is 16.7. The molecule has 0 aliphatic carbocycles. The van der Waals surface area contributed by atoms with Crippen LogP contribution in [0.5, 0.6) is 0 Å². The molecule has 3 N–H and O–H groups in total. The molecule has 1 aliphatic rings. The Bertz CT molecular complexity index is 544. The molecule has 1 saturated heterocycles. The number of aromatic nitrogens is 1. The predicted molar refractivity (Wildman–Crippen MR) is 82.4 cm³/mol. The van der Waals surface area contributed by atoms with E-state index < -0.39 is 13.0 Å². The van der Waals surface area contributed by atoms with Crippen LogP contribution in [0.2, 0.25) is 0 Å². The zero-order valence-electron chi connectivity index (χ0n) is 13.2. The second-order valence-electron chi connectivity index (χ2n) is 6.34. The summed E-state index contributed by atoms with van der Waals surface area (Å²) in [5, 5.41) is 2.90. The third-order valence-electron chi connectivity index (χ3n) is 4.05. The van der Waals surface area contributed by atoms with Crippen molar-refractivity contribution in [2.45, 2.75) is 45.8 Å². The molecule has 1 amide bonds. The third-order valence-corrected chi connectivity index (χ3v) is 4.05. The first-order valence-corrected chi connectivity index (χ1v) is 6.97. The lowest BCUT2D eigenvalue weighted by atomic mass is 9.80. The van der Waals surface area contributed by atoms with Gasteiger partial charge in [-0.15, -0.1) is 0 Å². The average Bonchev–Trinajstić information content (AvgIpc) is 2.56. The first kappa shape index (κ1) is 15.8. The number of pyridine rings is 1. The monoisotopic (exact) mass is 291 g/mol. The van der Waals surface area contributed by atoms with E-state index in [0.29, 0.717) is 5.82 Å². The minimum atomic E-state index is -0.439. The van der Waals surface area contributed by atoms with Gasteiger partial charge < -0.3 is 20.4 Å². The van der Waals surface area contributed by atoms with Crippen LogP contribution in [0.15, 0.2) is 12.3 Å². The minimum absolute atomic E-state index is 0.0592. The molecular formula is C14H22BN3O3. The number of nitrogens with one attached hydrogen (secondary N) is 1. The molecule has 1 aromatic heterocycles. The van der Waals surface area contributed by atoms with Gasteiger partial charge in [0.2, 0.25) is 5.91 Å². The summed E-state index contributed by atoms with van der Waals surface area (Å²) < 4.78 is 12.0. The molecule has 1 fully saturated rings. The van der Waals surface area contributed by atoms with Crippen LogP contribution >= 0.6 is 0 Å². The smallest absolute Gasteiger partial charge is 0.399 e. The molecular weight excluding hydrogens is 269 g/mol. The van der Waals surface area contributed by atoms with Crippen LogP contribution in [0.1, 0.15) is 33.3 Å². The van der Waals surface area contributed by atoms with Crippen LogP contribution in [0.3, 0.4) is 0 Å². The van der Waals surface area contributed by atoms with Crippen LogP contribution in [0.4, 0.5) is 5.82 Å². The van der Waals surface area contributed by atoms with Gasteiger partial charge >= 0.3 is 7.12 Å². The van der Waals surface area contributed by atoms with E-state index in [-0.39, 0.29) is 17.7 Å². The van der Waals surface area contributed by atoms with Crippen molar-refractivity contribution < 1.29 is 14.1 Å². The Morgan fingerprint density at radius 1 is 1.33 bits per heavy atom. The van der Waals surface area contributed by atoms with E-state index in [0.717, 1.165) is 11.0 Å². The number of nitrogens with zero attached hydrogens (tertiary/aromatic N) is 1. The molecule has 6 nitrogen and oxygen atoms in total. The van der Waals surface area contributed by atoms with Crippen molar-refractivity contribution in [3.05, 3.63) is 17.8 Å². The molecule has 0 atom stereocenters. The van der Waals surface area contributed by atoms with Crippen LogP contribution in [-0.2, 0) is 14.1 Å². The van der Waals surface area contributed by atoms with Crippen LogP contribution in [0, 0.1) is 6.92 Å². The van der Waals surface area contributed by atoms with Crippen molar-refractivity contribution >= 4 is 24.3 Å². The normalized spacial score (nSPS) is 19.6. The SMILES string of the molecule is Cc1cc(B2OC(C)(C)C(C)(C)O2)cnc1NCC(N)=O. The van der Waals surface area contributed by atoms with Crippen molar-refractivity contribution in [3.63, 3.8) is 0 Å². The standard InChI is InChI=1S/C14H22BN3O3/c1-9-6-10(7-17-12(9)18-8-11(16)19)15-20-13(2,3)14(4,5)21-15/h6-7H,8H2,1-5H3,(H2,16,19)(H,17,18). The number of rotatable bonds is 4. The maximum Gasteiger partial charge on any atom is 0.496 e. The van der Waals surface area contributed by atoms with Crippen molar-refractivity contribution in [1.82, 2.24) is 4.98 Å². The zero-order chi connectivity index (χ0) is 15.8. The van der Waals surface area contributed by atoms with Crippen molar-refractivity contribution in [2.24, 2.45) is 5.73 Å². The van der Waals surface area contributed by atoms with E-state index in [2.05, 4.69) is 10.3 Å². The summed E-state index contributed by atoms with van der Waals surface area (Å²) >= 11 is 0. The molecule has 0 bridgehead atoms. The number of amides is 1. The van der Waals surface area contributed by atoms with Crippen molar-refractivity contribution in [1.29, 1.82) is 0 Å². The Labute approximate surface area is 125 Å². The van der Waals surface area contributed by atoms with Gasteiger partial charge in [-0.2, -0.15) is 0 Å². The second kappa shape index (κ2) is 5.31. The van der Waals surface area contributed by atoms with Crippen molar-refractivity contribution in [3.8, 4) is 0 Å². The molecule has 0 aromatic carbocycles. The first-order chi connectivity index (χ1) is 9.62. The molecule has 21 heavy (non-hydrogen) atoms. The maximum atomic E-state index is 10.8. The number of nitrogens with two attached hydrogens (primary N) is 1. The largest absolute Gasteiger partial charge is 0.496 e. The summed E-state index contributed by atoms with van der Waals surface area (Å²) in [5.74, 6) is 0.209. The van der Waals surface area contributed by atoms with E-state index in [4.69, 9.17) is 15.0 Å². The van der Waals surface area contributed by atoms with Gasteiger partial charge in [-0.1, -0.05) is 6.07 Å². The molecule has 0 unspecified atom stereocenters. The van der Waals surface area contributed by atoms with Crippen molar-refractivity contribution in [2.75, 3.05) is 11.9 Å². The van der Waals surface area contributed by atoms with Gasteiger partial charge in [0.1, 0.15) is 5.82 Å². The number of carbonyl (C=O) groups excluding carboxylic acids is 1. The quantitative estimate of drug-likeness (QED) is 0.793. The summed E-state index contributed by atoms with van der Waals surface area (Å²) in [4.78, 5) is 15.1. The lowest BCUT2D eigenvalue weighted by Gasteiger charge is -2.32. The zero-order valence-corrected chi connectivity index (χ0v) is 13.2. The van der Waals surface area contributed by atoms with Crippen LogP contribution < -0.4 is 16.5 Å². The molecule has 2 heterocycles. The van der Waals surface area contributed by atoms with E-state index in [1.165, 1.54) is 0 Å². The molecule has 7 heteroatoms. The molecule has 0 saturated carbocycles. The number of hydrogen-bond acceptors (Lipinski definition) is 5. The minimum Gasteiger partial charge on any atom is -0.399 e. The number of anilines is 1. The Balaban J connectivity index is 2.16. The third kappa shape index (κ3) is 3.19. The van der Waals surface area contributed by atoms with Gasteiger partial charge in [0, 0.05) is 11.7 Å². The van der Waals surface area contributed by atoms with Gasteiger partial charge in [-0.25, -0.2) is 4.98 Å². The number of primary amides is 1. The van der Waals surface area contributed by atoms with Gasteiger partial charge in [-0.05, 0) is 40.2 Å². The first-order valence-electron chi connectivity index (χ1n) is 6.97. The summed E-state index contributed by atoms with van der Waals surface area (Å²) in [6.45, 7) is 10.0. The summed E-state index contributed by atoms with van der Waals surface area (Å²) in [6.07, 6.45) is 1.69. The topological polar surface area (TPSA) is 86.5 Å². The van der Waals surface area contributed by atoms with E-state index in [1.54, 1.807) is 6.20 Å². The van der Waals surface area contributed by atoms with Gasteiger partial charge in [-0.3, -0.25) is 4.79 Å². The van der Waals surface area contributed by atoms with E-state index in [9.17, 15) is 4.79 Å². The van der Waals surface area contributed by atoms with E-state index in [1.807, 2.05) is 40.7 Å². The Morgan fingerprint density at radius 2 is 1.90 bits per heavy atom. The van der Waals surface area contributed by atoms with Gasteiger partial charge in [0.15, 0.2) is 0 Å². The lowest BCUT2D eigenvalue weighted by Crippen LogP contribution is -2.41. The molecule has 1 aliphatic heterocycles. The molecule has 2 rings (SSSR count). The lowest BCUT2D eigenvalue weighted by molar-refractivity contribution is -0.116. The Kier molecular flexibility index (Phi) is 3.99. The highest BCUT2D eigenvalue weighted by Gasteiger charge is 2.51. The fraction of sp³-hybridized carbons (Fsp3) is 0.571. The number of carbonyl (C=O) groups is 1. The average molecular weight is 291 g/mol. The van der Waals surface area contributed by atoms with Crippen LogP contribution in [-0.4, -0.2) is 35.8 Å². The molecule has 1 aromatic rings. The summed E-state index contributed by atoms with van der Waals surface area (Å²) in [7, 11) is -0.439. The van der Waals surface area contributed by atoms with E-state index >= 15 is 0 Å². The number of hydrogen-bond donors (Lipinski definition) is 2. The highest BCUT2D eigenvalue weighted by molar-refractivity contribution is 6.62. The second-order valence-corrected chi connectivity index (χ2v) is 6.34. The highest BCUT2D eigenvalue weighted by Crippen LogP contribution is 2.36. The predicted octanol–water partition coefficient (Wildman–Crippen LogP) is 0.586.